The second-order valence-electron chi connectivity index (χ2n) is 8.40. The number of carbonyl (C=O) groups is 3. The molecule has 1 aromatic carbocycles. The molecule has 0 aliphatic rings. The van der Waals surface area contributed by atoms with Gasteiger partial charge in [-0.2, -0.15) is 0 Å². The predicted molar refractivity (Wildman–Crippen MR) is 106 cm³/mol. The van der Waals surface area contributed by atoms with Crippen LogP contribution in [0.1, 0.15) is 57.6 Å². The summed E-state index contributed by atoms with van der Waals surface area (Å²) in [6, 6.07) is 9.42. The van der Waals surface area contributed by atoms with Gasteiger partial charge in [-0.05, 0) is 59.1 Å². The van der Waals surface area contributed by atoms with Gasteiger partial charge in [0, 0.05) is 11.1 Å². The molecule has 0 saturated carbocycles. The largest absolute Gasteiger partial charge is 0.459 e. The van der Waals surface area contributed by atoms with Crippen LogP contribution >= 0.6 is 11.3 Å². The molecular formula is C21H26O5S. The molecular weight excluding hydrogens is 364 g/mol. The van der Waals surface area contributed by atoms with Gasteiger partial charge in [-0.3, -0.25) is 14.4 Å². The third kappa shape index (κ3) is 6.17. The first-order valence-corrected chi connectivity index (χ1v) is 9.65. The number of esters is 2. The fourth-order valence-corrected chi connectivity index (χ4v) is 3.43. The highest BCUT2D eigenvalue weighted by Gasteiger charge is 2.37. The van der Waals surface area contributed by atoms with Crippen molar-refractivity contribution in [2.24, 2.45) is 5.92 Å². The Balaban J connectivity index is 2.25. The number of benzene rings is 1. The lowest BCUT2D eigenvalue weighted by atomic mass is 10.0. The lowest BCUT2D eigenvalue weighted by Gasteiger charge is -2.26. The van der Waals surface area contributed by atoms with Crippen LogP contribution in [-0.4, -0.2) is 28.9 Å². The van der Waals surface area contributed by atoms with Crippen molar-refractivity contribution in [2.45, 2.75) is 59.2 Å². The fraction of sp³-hybridized carbons (Fsp3) is 0.476. The summed E-state index contributed by atoms with van der Waals surface area (Å²) in [7, 11) is 0. The van der Waals surface area contributed by atoms with E-state index in [2.05, 4.69) is 0 Å². The van der Waals surface area contributed by atoms with Gasteiger partial charge in [0.1, 0.15) is 11.2 Å². The zero-order valence-electron chi connectivity index (χ0n) is 16.6. The lowest BCUT2D eigenvalue weighted by molar-refractivity contribution is -0.174. The van der Waals surface area contributed by atoms with E-state index in [1.54, 1.807) is 47.6 Å². The molecule has 0 N–H and O–H groups in total. The summed E-state index contributed by atoms with van der Waals surface area (Å²) in [6.45, 7) is 10.3. The molecule has 2 rings (SSSR count). The third-order valence-electron chi connectivity index (χ3n) is 3.47. The Morgan fingerprint density at radius 3 is 1.93 bits per heavy atom. The number of carbonyl (C=O) groups excluding carboxylic acids is 3. The van der Waals surface area contributed by atoms with Gasteiger partial charge in [0.2, 0.25) is 0 Å². The molecule has 5 nitrogen and oxygen atoms in total. The summed E-state index contributed by atoms with van der Waals surface area (Å²) in [6.07, 6.45) is -0.281. The molecule has 146 valence electrons. The lowest BCUT2D eigenvalue weighted by Crippen LogP contribution is -2.38. The molecule has 0 unspecified atom stereocenters. The molecule has 6 heteroatoms. The van der Waals surface area contributed by atoms with Crippen molar-refractivity contribution in [3.05, 3.63) is 35.2 Å². The maximum absolute atomic E-state index is 12.8. The third-order valence-corrected chi connectivity index (χ3v) is 4.63. The molecule has 1 heterocycles. The van der Waals surface area contributed by atoms with E-state index in [0.29, 0.717) is 4.88 Å². The zero-order valence-corrected chi connectivity index (χ0v) is 17.4. The fourth-order valence-electron chi connectivity index (χ4n) is 2.41. The molecule has 1 aromatic heterocycles. The maximum Gasteiger partial charge on any atom is 0.321 e. The minimum absolute atomic E-state index is 0.280. The maximum atomic E-state index is 12.8. The number of ketones is 1. The van der Waals surface area contributed by atoms with Gasteiger partial charge < -0.3 is 9.47 Å². The minimum atomic E-state index is -1.29. The van der Waals surface area contributed by atoms with Crippen LogP contribution in [0, 0.1) is 5.92 Å². The molecule has 0 spiro atoms. The number of hydrogen-bond donors (Lipinski definition) is 0. The predicted octanol–water partition coefficient (Wildman–Crippen LogP) is 4.77. The Hall–Kier alpha value is -2.21. The van der Waals surface area contributed by atoms with Crippen molar-refractivity contribution >= 4 is 39.1 Å². The number of thiophene rings is 1. The highest BCUT2D eigenvalue weighted by atomic mass is 32.1. The van der Waals surface area contributed by atoms with Gasteiger partial charge in [-0.15, -0.1) is 11.3 Å². The smallest absolute Gasteiger partial charge is 0.321 e. The number of fused-ring (bicyclic) bond motifs is 1. The van der Waals surface area contributed by atoms with E-state index in [1.807, 2.05) is 24.3 Å². The Morgan fingerprint density at radius 1 is 0.926 bits per heavy atom. The summed E-state index contributed by atoms with van der Waals surface area (Å²) in [5.41, 5.74) is -1.53. The Kier molecular flexibility index (Phi) is 6.10. The average Bonchev–Trinajstić information content (AvgIpc) is 2.92. The first-order chi connectivity index (χ1) is 12.4. The van der Waals surface area contributed by atoms with Crippen LogP contribution in [0.4, 0.5) is 0 Å². The highest BCUT2D eigenvalue weighted by Crippen LogP contribution is 2.28. The van der Waals surface area contributed by atoms with Crippen molar-refractivity contribution < 1.29 is 23.9 Å². The molecule has 0 bridgehead atoms. The number of ether oxygens (including phenoxy) is 2. The van der Waals surface area contributed by atoms with Gasteiger partial charge in [0.15, 0.2) is 11.7 Å². The standard InChI is InChI=1S/C21H26O5S/c1-20(2,3)25-18(23)14(19(24)26-21(4,5)6)12-15(22)17-11-13-9-7-8-10-16(13)27-17/h7-11,14H,12H2,1-6H3. The van der Waals surface area contributed by atoms with Crippen LogP contribution in [0.3, 0.4) is 0 Å². The van der Waals surface area contributed by atoms with Crippen molar-refractivity contribution in [1.82, 2.24) is 0 Å². The summed E-state index contributed by atoms with van der Waals surface area (Å²) >= 11 is 1.34. The first-order valence-electron chi connectivity index (χ1n) is 8.83. The van der Waals surface area contributed by atoms with Gasteiger partial charge in [-0.1, -0.05) is 18.2 Å². The van der Waals surface area contributed by atoms with E-state index in [-0.39, 0.29) is 12.2 Å². The van der Waals surface area contributed by atoms with Gasteiger partial charge in [-0.25, -0.2) is 0 Å². The van der Waals surface area contributed by atoms with Gasteiger partial charge in [0.25, 0.3) is 0 Å². The molecule has 0 aliphatic carbocycles. The van der Waals surface area contributed by atoms with E-state index >= 15 is 0 Å². The van der Waals surface area contributed by atoms with E-state index < -0.39 is 29.1 Å². The Labute approximate surface area is 163 Å². The molecule has 0 amide bonds. The molecule has 0 fully saturated rings. The van der Waals surface area contributed by atoms with E-state index in [9.17, 15) is 14.4 Å². The van der Waals surface area contributed by atoms with Crippen LogP contribution in [0.5, 0.6) is 0 Å². The van der Waals surface area contributed by atoms with E-state index in [1.165, 1.54) is 11.3 Å². The van der Waals surface area contributed by atoms with Crippen LogP contribution in [0.15, 0.2) is 30.3 Å². The average molecular weight is 391 g/mol. The quantitative estimate of drug-likeness (QED) is 0.418. The summed E-state index contributed by atoms with van der Waals surface area (Å²) in [5, 5.41) is 0.955. The van der Waals surface area contributed by atoms with E-state index in [4.69, 9.17) is 9.47 Å². The topological polar surface area (TPSA) is 69.7 Å². The van der Waals surface area contributed by atoms with Gasteiger partial charge >= 0.3 is 11.9 Å². The SMILES string of the molecule is CC(C)(C)OC(=O)C(CC(=O)c1cc2ccccc2s1)C(=O)OC(C)(C)C. The number of rotatable bonds is 5. The number of hydrogen-bond acceptors (Lipinski definition) is 6. The monoisotopic (exact) mass is 390 g/mol. The summed E-state index contributed by atoms with van der Waals surface area (Å²) < 4.78 is 11.7. The normalized spacial score (nSPS) is 12.3. The van der Waals surface area contributed by atoms with Gasteiger partial charge in [0.05, 0.1) is 4.88 Å². The zero-order chi connectivity index (χ0) is 20.4. The second-order valence-corrected chi connectivity index (χ2v) is 9.48. The van der Waals surface area contributed by atoms with Crippen molar-refractivity contribution in [3.63, 3.8) is 0 Å². The van der Waals surface area contributed by atoms with Crippen molar-refractivity contribution in [3.8, 4) is 0 Å². The molecule has 0 saturated heterocycles. The molecule has 0 aliphatic heterocycles. The van der Waals surface area contributed by atoms with Crippen molar-refractivity contribution in [1.29, 1.82) is 0 Å². The number of Topliss-reactive ketones (excluding diaryl/α,β-unsaturated/α-hetero) is 1. The summed E-state index contributed by atoms with van der Waals surface area (Å²) in [5.74, 6) is -3.06. The summed E-state index contributed by atoms with van der Waals surface area (Å²) in [4.78, 5) is 38.4. The van der Waals surface area contributed by atoms with Crippen molar-refractivity contribution in [2.75, 3.05) is 0 Å². The Bertz CT molecular complexity index is 790. The first kappa shape index (κ1) is 21.1. The van der Waals surface area contributed by atoms with Crippen LogP contribution < -0.4 is 0 Å². The molecule has 0 atom stereocenters. The molecule has 2 aromatic rings. The molecule has 0 radical (unpaired) electrons. The van der Waals surface area contributed by atoms with E-state index in [0.717, 1.165) is 10.1 Å². The Morgan fingerprint density at radius 2 is 1.44 bits per heavy atom. The van der Waals surface area contributed by atoms with Crippen LogP contribution in [-0.2, 0) is 19.1 Å². The second kappa shape index (κ2) is 7.80. The molecule has 27 heavy (non-hydrogen) atoms. The minimum Gasteiger partial charge on any atom is -0.459 e. The highest BCUT2D eigenvalue weighted by molar-refractivity contribution is 7.20. The van der Waals surface area contributed by atoms with Crippen LogP contribution in [0.25, 0.3) is 10.1 Å². The van der Waals surface area contributed by atoms with Crippen LogP contribution in [0.2, 0.25) is 0 Å².